The van der Waals surface area contributed by atoms with Crippen LogP contribution in [0.2, 0.25) is 0 Å². The van der Waals surface area contributed by atoms with Gasteiger partial charge in [-0.3, -0.25) is 0 Å². The number of rotatable bonds is 13. The lowest BCUT2D eigenvalue weighted by Crippen LogP contribution is -2.16. The molecule has 0 saturated carbocycles. The Morgan fingerprint density at radius 3 is 1.58 bits per heavy atom. The zero-order chi connectivity index (χ0) is 26.9. The Morgan fingerprint density at radius 2 is 1.05 bits per heavy atom. The van der Waals surface area contributed by atoms with Gasteiger partial charge in [-0.15, -0.1) is 0 Å². The summed E-state index contributed by atoms with van der Waals surface area (Å²) in [5, 5.41) is 0. The number of carbonyl (C=O) groups is 1. The molecule has 0 radical (unpaired) electrons. The number of benzene rings is 1. The Kier molecular flexibility index (Phi) is 19.6. The maximum atomic E-state index is 12.6. The van der Waals surface area contributed by atoms with Crippen molar-refractivity contribution < 1.29 is 38.0 Å². The number of esters is 1. The van der Waals surface area contributed by atoms with Crippen LogP contribution in [-0.2, 0) is 23.7 Å². The molecule has 0 aromatic heterocycles. The summed E-state index contributed by atoms with van der Waals surface area (Å²) in [6.45, 7) is 5.70. The highest BCUT2D eigenvalue weighted by molar-refractivity contribution is 5.90. The summed E-state index contributed by atoms with van der Waals surface area (Å²) in [7, 11) is 0. The molecule has 0 spiro atoms. The number of fused-ring (bicyclic) bond motifs is 1. The van der Waals surface area contributed by atoms with Gasteiger partial charge in [0.05, 0.1) is 65.0 Å². The first-order valence-electron chi connectivity index (χ1n) is 14.4. The first-order chi connectivity index (χ1) is 18.8. The third kappa shape index (κ3) is 16.1. The monoisotopic (exact) mass is 539 g/mol. The van der Waals surface area contributed by atoms with Gasteiger partial charge in [-0.25, -0.2) is 4.79 Å². The largest absolute Gasteiger partial charge is 0.487 e. The topological polar surface area (TPSA) is 108 Å². The van der Waals surface area contributed by atoms with Crippen molar-refractivity contribution in [3.8, 4) is 11.5 Å². The number of unbranched alkanes of at least 4 members (excludes halogenated alkanes) is 9. The van der Waals surface area contributed by atoms with E-state index in [0.29, 0.717) is 89.7 Å². The third-order valence-corrected chi connectivity index (χ3v) is 6.10. The van der Waals surface area contributed by atoms with E-state index in [4.69, 9.17) is 38.9 Å². The maximum absolute atomic E-state index is 12.6. The number of nitrogens with two attached hydrogens (primary N) is 1. The van der Waals surface area contributed by atoms with Crippen molar-refractivity contribution >= 4 is 5.97 Å². The minimum atomic E-state index is -0.356. The van der Waals surface area contributed by atoms with Crippen LogP contribution in [0.25, 0.3) is 0 Å². The quantitative estimate of drug-likeness (QED) is 0.285. The standard InChI is InChI=1S/C29H49NO8/c30-13-9-7-5-3-1-2-4-6-8-10-14-38-29(31)26-11-12-27-28(25-26)37-24-22-35-20-18-33-16-15-32-17-19-34-21-23-36-27/h11-12,25H,1-10,13-24,30H2. The van der Waals surface area contributed by atoms with Crippen LogP contribution in [0.15, 0.2) is 18.2 Å². The van der Waals surface area contributed by atoms with Crippen molar-refractivity contribution in [2.45, 2.75) is 64.2 Å². The van der Waals surface area contributed by atoms with Gasteiger partial charge in [-0.1, -0.05) is 51.4 Å². The lowest BCUT2D eigenvalue weighted by molar-refractivity contribution is -0.00842. The van der Waals surface area contributed by atoms with Crippen molar-refractivity contribution in [1.29, 1.82) is 0 Å². The third-order valence-electron chi connectivity index (χ3n) is 6.10. The number of hydrogen-bond donors (Lipinski definition) is 1. The van der Waals surface area contributed by atoms with Crippen LogP contribution < -0.4 is 15.2 Å². The fraction of sp³-hybridized carbons (Fsp3) is 0.759. The highest BCUT2D eigenvalue weighted by Gasteiger charge is 2.13. The van der Waals surface area contributed by atoms with Gasteiger partial charge in [-0.2, -0.15) is 0 Å². The summed E-state index contributed by atoms with van der Waals surface area (Å²) in [6, 6.07) is 5.10. The SMILES string of the molecule is NCCCCCCCCCCCCOC(=O)c1ccc2c(c1)OCCOCCOCCOCCOCCO2. The van der Waals surface area contributed by atoms with Crippen LogP contribution >= 0.6 is 0 Å². The average molecular weight is 540 g/mol. The van der Waals surface area contributed by atoms with Crippen LogP contribution in [0.1, 0.15) is 74.6 Å². The van der Waals surface area contributed by atoms with Gasteiger partial charge in [0.25, 0.3) is 0 Å². The molecule has 0 fully saturated rings. The molecule has 38 heavy (non-hydrogen) atoms. The summed E-state index contributed by atoms with van der Waals surface area (Å²) >= 11 is 0. The van der Waals surface area contributed by atoms with Crippen LogP contribution in [0.3, 0.4) is 0 Å². The highest BCUT2D eigenvalue weighted by atomic mass is 16.6. The Morgan fingerprint density at radius 1 is 0.605 bits per heavy atom. The fourth-order valence-electron chi connectivity index (χ4n) is 3.96. The summed E-state index contributed by atoms with van der Waals surface area (Å²) < 4.78 is 39.2. The minimum absolute atomic E-state index is 0.322. The molecule has 2 rings (SSSR count). The summed E-state index contributed by atoms with van der Waals surface area (Å²) in [5.41, 5.74) is 5.96. The van der Waals surface area contributed by atoms with E-state index in [9.17, 15) is 4.79 Å². The van der Waals surface area contributed by atoms with Crippen molar-refractivity contribution in [1.82, 2.24) is 0 Å². The van der Waals surface area contributed by atoms with E-state index in [1.54, 1.807) is 18.2 Å². The lowest BCUT2D eigenvalue weighted by atomic mass is 10.1. The van der Waals surface area contributed by atoms with Crippen LogP contribution in [-0.4, -0.2) is 85.2 Å². The lowest BCUT2D eigenvalue weighted by Gasteiger charge is -2.15. The van der Waals surface area contributed by atoms with Gasteiger partial charge >= 0.3 is 5.97 Å². The summed E-state index contributed by atoms with van der Waals surface area (Å²) in [5.74, 6) is 0.669. The molecule has 0 amide bonds. The van der Waals surface area contributed by atoms with Gasteiger partial charge in [-0.05, 0) is 37.6 Å². The Hall–Kier alpha value is -1.91. The molecule has 1 aliphatic rings. The van der Waals surface area contributed by atoms with E-state index in [-0.39, 0.29) is 5.97 Å². The molecular formula is C29H49NO8. The van der Waals surface area contributed by atoms with E-state index in [1.807, 2.05) is 0 Å². The zero-order valence-electron chi connectivity index (χ0n) is 23.1. The predicted octanol–water partition coefficient (Wildman–Crippen LogP) is 4.54. The predicted molar refractivity (Wildman–Crippen MR) is 146 cm³/mol. The molecule has 0 aliphatic carbocycles. The number of ether oxygens (including phenoxy) is 7. The molecule has 0 unspecified atom stereocenters. The molecule has 0 bridgehead atoms. The first kappa shape index (κ1) is 32.3. The Labute approximate surface area is 228 Å². The molecule has 1 aliphatic heterocycles. The van der Waals surface area contributed by atoms with Gasteiger partial charge in [0.1, 0.15) is 13.2 Å². The minimum Gasteiger partial charge on any atom is -0.487 e. The van der Waals surface area contributed by atoms with Crippen LogP contribution in [0.4, 0.5) is 0 Å². The van der Waals surface area contributed by atoms with Gasteiger partial charge < -0.3 is 38.9 Å². The fourth-order valence-corrected chi connectivity index (χ4v) is 3.96. The van der Waals surface area contributed by atoms with E-state index in [1.165, 1.54) is 44.9 Å². The average Bonchev–Trinajstić information content (AvgIpc) is 2.93. The molecule has 9 heteroatoms. The second kappa shape index (κ2) is 23.0. The second-order valence-electron chi connectivity index (χ2n) is 9.27. The molecule has 1 heterocycles. The van der Waals surface area contributed by atoms with E-state index in [0.717, 1.165) is 25.8 Å². The van der Waals surface area contributed by atoms with E-state index in [2.05, 4.69) is 0 Å². The van der Waals surface area contributed by atoms with Crippen LogP contribution in [0.5, 0.6) is 11.5 Å². The molecule has 9 nitrogen and oxygen atoms in total. The molecular weight excluding hydrogens is 490 g/mol. The zero-order valence-corrected chi connectivity index (χ0v) is 23.1. The normalized spacial score (nSPS) is 16.3. The smallest absolute Gasteiger partial charge is 0.338 e. The van der Waals surface area contributed by atoms with Crippen molar-refractivity contribution in [2.75, 3.05) is 79.2 Å². The second-order valence-corrected chi connectivity index (χ2v) is 9.27. The van der Waals surface area contributed by atoms with Gasteiger partial charge in [0, 0.05) is 0 Å². The van der Waals surface area contributed by atoms with E-state index >= 15 is 0 Å². The molecule has 1 aromatic carbocycles. The molecule has 0 atom stereocenters. The van der Waals surface area contributed by atoms with Crippen molar-refractivity contribution in [2.24, 2.45) is 5.73 Å². The first-order valence-corrected chi connectivity index (χ1v) is 14.4. The number of hydrogen-bond acceptors (Lipinski definition) is 9. The van der Waals surface area contributed by atoms with Gasteiger partial charge in [0.2, 0.25) is 0 Å². The molecule has 2 N–H and O–H groups in total. The maximum Gasteiger partial charge on any atom is 0.338 e. The molecule has 0 saturated heterocycles. The molecule has 218 valence electrons. The van der Waals surface area contributed by atoms with Crippen LogP contribution in [0, 0.1) is 0 Å². The Bertz CT molecular complexity index is 718. The van der Waals surface area contributed by atoms with Gasteiger partial charge in [0.15, 0.2) is 11.5 Å². The molecule has 1 aromatic rings. The van der Waals surface area contributed by atoms with E-state index < -0.39 is 0 Å². The summed E-state index contributed by atoms with van der Waals surface area (Å²) in [6.07, 6.45) is 11.9. The number of carbonyl (C=O) groups excluding carboxylic acids is 1. The summed E-state index contributed by atoms with van der Waals surface area (Å²) in [4.78, 5) is 12.6. The van der Waals surface area contributed by atoms with Crippen molar-refractivity contribution in [3.05, 3.63) is 23.8 Å². The Balaban J connectivity index is 1.70. The highest BCUT2D eigenvalue weighted by Crippen LogP contribution is 2.29. The van der Waals surface area contributed by atoms with Crippen molar-refractivity contribution in [3.63, 3.8) is 0 Å².